The van der Waals surface area contributed by atoms with Crippen LogP contribution >= 0.6 is 11.6 Å². The monoisotopic (exact) mass is 174 g/mol. The average molecular weight is 175 g/mol. The van der Waals surface area contributed by atoms with E-state index in [1.165, 1.54) is 0 Å². The van der Waals surface area contributed by atoms with Crippen molar-refractivity contribution in [1.29, 1.82) is 0 Å². The number of pyridine rings is 1. The number of nitrogens with zero attached hydrogens (tertiary/aromatic N) is 1. The van der Waals surface area contributed by atoms with E-state index >= 15 is 0 Å². The first kappa shape index (κ1) is 7.94. The van der Waals surface area contributed by atoms with Crippen molar-refractivity contribution in [3.05, 3.63) is 23.8 Å². The maximum atomic E-state index is 12.8. The molecule has 3 nitrogen and oxygen atoms in total. The quantitative estimate of drug-likeness (QED) is 0.651. The van der Waals surface area contributed by atoms with Crippen LogP contribution < -0.4 is 5.73 Å². The molecule has 0 spiro atoms. The Morgan fingerprint density at radius 3 is 2.73 bits per heavy atom. The van der Waals surface area contributed by atoms with Gasteiger partial charge in [0.25, 0.3) is 5.24 Å². The molecule has 5 heteroatoms. The van der Waals surface area contributed by atoms with Gasteiger partial charge in [-0.25, -0.2) is 4.39 Å². The van der Waals surface area contributed by atoms with Crippen LogP contribution in [-0.2, 0) is 0 Å². The number of nitrogens with two attached hydrogens (primary N) is 1. The van der Waals surface area contributed by atoms with Crippen LogP contribution in [0.2, 0.25) is 0 Å². The van der Waals surface area contributed by atoms with Gasteiger partial charge in [-0.05, 0) is 11.6 Å². The Labute approximate surface area is 67.0 Å². The van der Waals surface area contributed by atoms with Gasteiger partial charge in [-0.1, -0.05) is 0 Å². The Hall–Kier alpha value is -1.16. The van der Waals surface area contributed by atoms with Crippen LogP contribution in [0.3, 0.4) is 0 Å². The summed E-state index contributed by atoms with van der Waals surface area (Å²) in [6.07, 6.45) is 2.14. The number of carbonyl (C=O) groups is 1. The number of aromatic nitrogens is 1. The molecule has 0 bridgehead atoms. The van der Waals surface area contributed by atoms with E-state index in [0.29, 0.717) is 0 Å². The normalized spacial score (nSPS) is 9.64. The number of anilines is 1. The highest BCUT2D eigenvalue weighted by Crippen LogP contribution is 2.14. The third-order valence-corrected chi connectivity index (χ3v) is 1.32. The van der Waals surface area contributed by atoms with E-state index in [9.17, 15) is 9.18 Å². The topological polar surface area (TPSA) is 56.0 Å². The molecule has 0 aliphatic rings. The minimum absolute atomic E-state index is 0.184. The van der Waals surface area contributed by atoms with Crippen LogP contribution in [0, 0.1) is 5.82 Å². The van der Waals surface area contributed by atoms with Gasteiger partial charge in [-0.2, -0.15) is 0 Å². The lowest BCUT2D eigenvalue weighted by molar-refractivity contribution is 0.107. The number of carbonyl (C=O) groups excluding carboxylic acids is 1. The summed E-state index contributed by atoms with van der Waals surface area (Å²) in [5.74, 6) is -0.819. The largest absolute Gasteiger partial charge is 0.395 e. The molecule has 1 rings (SSSR count). The zero-order chi connectivity index (χ0) is 8.43. The van der Waals surface area contributed by atoms with Crippen molar-refractivity contribution in [2.75, 3.05) is 5.73 Å². The second-order valence-electron chi connectivity index (χ2n) is 1.86. The summed E-state index contributed by atoms with van der Waals surface area (Å²) in [5.41, 5.74) is 4.63. The molecule has 1 aromatic rings. The summed E-state index contributed by atoms with van der Waals surface area (Å²) in [7, 11) is 0. The molecule has 11 heavy (non-hydrogen) atoms. The van der Waals surface area contributed by atoms with Gasteiger partial charge in [0.05, 0.1) is 17.4 Å². The number of rotatable bonds is 1. The van der Waals surface area contributed by atoms with Gasteiger partial charge in [-0.3, -0.25) is 9.78 Å². The molecule has 58 valence electrons. The summed E-state index contributed by atoms with van der Waals surface area (Å²) >= 11 is 5.01. The molecule has 0 saturated heterocycles. The zero-order valence-corrected chi connectivity index (χ0v) is 6.10. The van der Waals surface area contributed by atoms with Gasteiger partial charge < -0.3 is 5.73 Å². The SMILES string of the molecule is Nc1cncc(C(=O)Cl)c1F. The lowest BCUT2D eigenvalue weighted by Gasteiger charge is -1.97. The smallest absolute Gasteiger partial charge is 0.256 e. The van der Waals surface area contributed by atoms with Crippen molar-refractivity contribution in [3.63, 3.8) is 0 Å². The van der Waals surface area contributed by atoms with Crippen molar-refractivity contribution < 1.29 is 9.18 Å². The first-order valence-corrected chi connectivity index (χ1v) is 3.09. The molecule has 0 aliphatic heterocycles. The predicted octanol–water partition coefficient (Wildman–Crippen LogP) is 1.18. The molecule has 0 saturated carbocycles. The Balaban J connectivity index is 3.27. The molecule has 0 aliphatic carbocycles. The Kier molecular flexibility index (Phi) is 2.05. The van der Waals surface area contributed by atoms with E-state index in [2.05, 4.69) is 4.98 Å². The third kappa shape index (κ3) is 1.46. The molecule has 2 N–H and O–H groups in total. The van der Waals surface area contributed by atoms with Gasteiger partial charge in [0.15, 0.2) is 5.82 Å². The molecule has 0 radical (unpaired) electrons. The van der Waals surface area contributed by atoms with Gasteiger partial charge in [0, 0.05) is 6.20 Å². The first-order chi connectivity index (χ1) is 5.13. The Bertz CT molecular complexity index is 303. The number of hydrogen-bond donors (Lipinski definition) is 1. The molecule has 1 aromatic heterocycles. The molecule has 0 atom stereocenters. The first-order valence-electron chi connectivity index (χ1n) is 2.71. The van der Waals surface area contributed by atoms with Crippen molar-refractivity contribution in [3.8, 4) is 0 Å². The Morgan fingerprint density at radius 1 is 1.64 bits per heavy atom. The van der Waals surface area contributed by atoms with E-state index in [0.717, 1.165) is 12.4 Å². The van der Waals surface area contributed by atoms with Crippen LogP contribution in [0.25, 0.3) is 0 Å². The van der Waals surface area contributed by atoms with E-state index in [1.54, 1.807) is 0 Å². The highest BCUT2D eigenvalue weighted by Gasteiger charge is 2.11. The zero-order valence-electron chi connectivity index (χ0n) is 5.34. The van der Waals surface area contributed by atoms with E-state index in [1.807, 2.05) is 0 Å². The minimum Gasteiger partial charge on any atom is -0.395 e. The van der Waals surface area contributed by atoms with E-state index < -0.39 is 11.1 Å². The van der Waals surface area contributed by atoms with Gasteiger partial charge in [0.1, 0.15) is 0 Å². The highest BCUT2D eigenvalue weighted by molar-refractivity contribution is 6.67. The van der Waals surface area contributed by atoms with E-state index in [-0.39, 0.29) is 11.3 Å². The fraction of sp³-hybridized carbons (Fsp3) is 0. The molecular weight excluding hydrogens is 171 g/mol. The van der Waals surface area contributed by atoms with Crippen LogP contribution in [-0.4, -0.2) is 10.2 Å². The summed E-state index contributed by atoms with van der Waals surface area (Å²) in [6.45, 7) is 0. The molecule has 1 heterocycles. The fourth-order valence-electron chi connectivity index (χ4n) is 0.598. The predicted molar refractivity (Wildman–Crippen MR) is 38.8 cm³/mol. The minimum atomic E-state index is -0.901. The summed E-state index contributed by atoms with van der Waals surface area (Å²) < 4.78 is 12.8. The average Bonchev–Trinajstić information content (AvgIpc) is 1.94. The fourth-order valence-corrected chi connectivity index (χ4v) is 0.730. The molecule has 0 aromatic carbocycles. The summed E-state index contributed by atoms with van der Waals surface area (Å²) in [5, 5.41) is -0.901. The summed E-state index contributed by atoms with van der Waals surface area (Å²) in [6, 6.07) is 0. The standard InChI is InChI=1S/C6H4ClFN2O/c7-6(11)3-1-10-2-4(9)5(3)8/h1-2H,9H2. The number of halogens is 2. The number of nitrogen functional groups attached to an aromatic ring is 1. The van der Waals surface area contributed by atoms with Crippen molar-refractivity contribution in [1.82, 2.24) is 4.98 Å². The van der Waals surface area contributed by atoms with Crippen LogP contribution in [0.4, 0.5) is 10.1 Å². The lowest BCUT2D eigenvalue weighted by atomic mass is 10.3. The van der Waals surface area contributed by atoms with Crippen LogP contribution in [0.5, 0.6) is 0 Å². The third-order valence-electron chi connectivity index (χ3n) is 1.12. The van der Waals surface area contributed by atoms with Crippen molar-refractivity contribution in [2.45, 2.75) is 0 Å². The summed E-state index contributed by atoms with van der Waals surface area (Å²) in [4.78, 5) is 13.9. The van der Waals surface area contributed by atoms with Crippen molar-refractivity contribution >= 4 is 22.5 Å². The molecule has 0 unspecified atom stereocenters. The van der Waals surface area contributed by atoms with Crippen molar-refractivity contribution in [2.24, 2.45) is 0 Å². The van der Waals surface area contributed by atoms with Gasteiger partial charge in [-0.15, -0.1) is 0 Å². The maximum Gasteiger partial charge on any atom is 0.256 e. The number of hydrogen-bond acceptors (Lipinski definition) is 3. The van der Waals surface area contributed by atoms with Gasteiger partial charge in [0.2, 0.25) is 0 Å². The lowest BCUT2D eigenvalue weighted by Crippen LogP contribution is -2.00. The van der Waals surface area contributed by atoms with E-state index in [4.69, 9.17) is 17.3 Å². The van der Waals surface area contributed by atoms with Crippen LogP contribution in [0.15, 0.2) is 12.4 Å². The van der Waals surface area contributed by atoms with Crippen LogP contribution in [0.1, 0.15) is 10.4 Å². The van der Waals surface area contributed by atoms with Gasteiger partial charge >= 0.3 is 0 Å². The molecule has 0 fully saturated rings. The molecule has 0 amide bonds. The highest BCUT2D eigenvalue weighted by atomic mass is 35.5. The second kappa shape index (κ2) is 2.84. The molecular formula is C6H4ClFN2O. The Morgan fingerprint density at radius 2 is 2.27 bits per heavy atom. The second-order valence-corrected chi connectivity index (χ2v) is 2.21. The maximum absolute atomic E-state index is 12.8.